The zero-order valence-corrected chi connectivity index (χ0v) is 18.7. The van der Waals surface area contributed by atoms with Crippen molar-refractivity contribution in [1.29, 1.82) is 0 Å². The van der Waals surface area contributed by atoms with Gasteiger partial charge < -0.3 is 4.90 Å². The standard InChI is InChI=1S/C22H24ClN3O3S/c1-14-4-6-17(7-5-14)30(27,28)29-13-15(2)19-11-25-22(26-9-8-16(26)3)20-12-24-21(23)10-18(19)20/h4-7,10-12,15-16H,8-9,13H2,1-3H3. The first-order valence-electron chi connectivity index (χ1n) is 9.93. The number of anilines is 1. The Balaban J connectivity index is 1.62. The van der Waals surface area contributed by atoms with Gasteiger partial charge in [-0.3, -0.25) is 4.18 Å². The summed E-state index contributed by atoms with van der Waals surface area (Å²) < 4.78 is 30.5. The van der Waals surface area contributed by atoms with Gasteiger partial charge in [0.05, 0.1) is 11.5 Å². The second kappa shape index (κ2) is 8.13. The summed E-state index contributed by atoms with van der Waals surface area (Å²) >= 11 is 6.17. The molecule has 3 heterocycles. The van der Waals surface area contributed by atoms with E-state index in [4.69, 9.17) is 15.8 Å². The first-order valence-corrected chi connectivity index (χ1v) is 11.7. The van der Waals surface area contributed by atoms with Crippen molar-refractivity contribution in [3.05, 3.63) is 59.0 Å². The third-order valence-electron chi connectivity index (χ3n) is 5.65. The van der Waals surface area contributed by atoms with Gasteiger partial charge in [-0.2, -0.15) is 8.42 Å². The Bertz CT molecular complexity index is 1180. The number of benzene rings is 1. The molecule has 0 aliphatic carbocycles. The Labute approximate surface area is 182 Å². The van der Waals surface area contributed by atoms with Crippen LogP contribution in [-0.4, -0.2) is 37.6 Å². The maximum atomic E-state index is 12.5. The van der Waals surface area contributed by atoms with Crippen molar-refractivity contribution < 1.29 is 12.6 Å². The van der Waals surface area contributed by atoms with Crippen LogP contribution in [0.1, 0.15) is 37.3 Å². The summed E-state index contributed by atoms with van der Waals surface area (Å²) in [5, 5.41) is 2.22. The molecule has 0 spiro atoms. The molecule has 30 heavy (non-hydrogen) atoms. The molecule has 1 aliphatic heterocycles. The van der Waals surface area contributed by atoms with Gasteiger partial charge in [-0.15, -0.1) is 0 Å². The van der Waals surface area contributed by atoms with Crippen LogP contribution in [0.5, 0.6) is 0 Å². The summed E-state index contributed by atoms with van der Waals surface area (Å²) in [6, 6.07) is 8.86. The molecule has 3 aromatic rings. The fraction of sp³-hybridized carbons (Fsp3) is 0.364. The van der Waals surface area contributed by atoms with Gasteiger partial charge in [-0.05, 0) is 49.4 Å². The number of aryl methyl sites for hydroxylation is 1. The highest BCUT2D eigenvalue weighted by Crippen LogP contribution is 2.35. The van der Waals surface area contributed by atoms with E-state index in [9.17, 15) is 8.42 Å². The number of halogens is 1. The molecule has 1 fully saturated rings. The smallest absolute Gasteiger partial charge is 0.296 e. The van der Waals surface area contributed by atoms with Gasteiger partial charge in [0, 0.05) is 36.3 Å². The van der Waals surface area contributed by atoms with Crippen molar-refractivity contribution >= 4 is 38.3 Å². The summed E-state index contributed by atoms with van der Waals surface area (Å²) in [6.07, 6.45) is 4.67. The van der Waals surface area contributed by atoms with Crippen LogP contribution in [0.3, 0.4) is 0 Å². The lowest BCUT2D eigenvalue weighted by Crippen LogP contribution is -2.46. The molecule has 0 amide bonds. The maximum absolute atomic E-state index is 12.5. The van der Waals surface area contributed by atoms with Crippen molar-refractivity contribution in [2.75, 3.05) is 18.1 Å². The average molecular weight is 446 g/mol. The monoisotopic (exact) mass is 445 g/mol. The minimum absolute atomic E-state index is 0.00634. The minimum atomic E-state index is -3.83. The number of hydrogen-bond acceptors (Lipinski definition) is 6. The molecule has 2 unspecified atom stereocenters. The van der Waals surface area contributed by atoms with E-state index in [1.807, 2.05) is 19.9 Å². The first kappa shape index (κ1) is 21.0. The topological polar surface area (TPSA) is 72.4 Å². The highest BCUT2D eigenvalue weighted by Gasteiger charge is 2.27. The molecule has 158 valence electrons. The second-order valence-electron chi connectivity index (χ2n) is 7.87. The fourth-order valence-electron chi connectivity index (χ4n) is 3.62. The van der Waals surface area contributed by atoms with Crippen LogP contribution in [0.2, 0.25) is 5.15 Å². The highest BCUT2D eigenvalue weighted by molar-refractivity contribution is 7.86. The third-order valence-corrected chi connectivity index (χ3v) is 7.16. The molecule has 0 saturated carbocycles. The molecule has 2 aromatic heterocycles. The molecular formula is C22H24ClN3O3S. The van der Waals surface area contributed by atoms with Crippen LogP contribution >= 0.6 is 11.6 Å². The van der Waals surface area contributed by atoms with Crippen molar-refractivity contribution in [2.45, 2.75) is 44.0 Å². The largest absolute Gasteiger partial charge is 0.353 e. The SMILES string of the molecule is Cc1ccc(S(=O)(=O)OCC(C)c2cnc(N3CCC3C)c3cnc(Cl)cc23)cc1. The minimum Gasteiger partial charge on any atom is -0.353 e. The first-order chi connectivity index (χ1) is 14.3. The molecule has 1 aliphatic rings. The van der Waals surface area contributed by atoms with Crippen LogP contribution in [0.25, 0.3) is 10.8 Å². The normalized spacial score (nSPS) is 17.7. The molecule has 4 rings (SSSR count). The van der Waals surface area contributed by atoms with Crippen LogP contribution < -0.4 is 4.90 Å². The van der Waals surface area contributed by atoms with Crippen LogP contribution in [0.15, 0.2) is 47.6 Å². The van der Waals surface area contributed by atoms with Crippen molar-refractivity contribution in [1.82, 2.24) is 9.97 Å². The van der Waals surface area contributed by atoms with Crippen LogP contribution in [0, 0.1) is 6.92 Å². The predicted molar refractivity (Wildman–Crippen MR) is 119 cm³/mol. The number of aromatic nitrogens is 2. The molecule has 8 heteroatoms. The Morgan fingerprint density at radius 3 is 2.57 bits per heavy atom. The predicted octanol–water partition coefficient (Wildman–Crippen LogP) is 4.70. The number of pyridine rings is 2. The lowest BCUT2D eigenvalue weighted by Gasteiger charge is -2.40. The van der Waals surface area contributed by atoms with Gasteiger partial charge >= 0.3 is 0 Å². The van der Waals surface area contributed by atoms with E-state index in [2.05, 4.69) is 21.8 Å². The van der Waals surface area contributed by atoms with E-state index in [1.165, 1.54) is 0 Å². The summed E-state index contributed by atoms with van der Waals surface area (Å²) in [6.45, 7) is 6.95. The molecular weight excluding hydrogens is 422 g/mol. The summed E-state index contributed by atoms with van der Waals surface area (Å²) in [7, 11) is -3.83. The van der Waals surface area contributed by atoms with Gasteiger partial charge in [-0.1, -0.05) is 36.2 Å². The molecule has 1 saturated heterocycles. The van der Waals surface area contributed by atoms with E-state index >= 15 is 0 Å². The second-order valence-corrected chi connectivity index (χ2v) is 9.88. The molecule has 2 atom stereocenters. The third kappa shape index (κ3) is 4.02. The van der Waals surface area contributed by atoms with Gasteiger partial charge in [0.1, 0.15) is 11.0 Å². The quantitative estimate of drug-likeness (QED) is 0.404. The van der Waals surface area contributed by atoms with Crippen molar-refractivity contribution in [3.8, 4) is 0 Å². The highest BCUT2D eigenvalue weighted by atomic mass is 35.5. The Hall–Kier alpha value is -2.22. The molecule has 0 radical (unpaired) electrons. The number of nitrogens with zero attached hydrogens (tertiary/aromatic N) is 3. The summed E-state index contributed by atoms with van der Waals surface area (Å²) in [5.74, 6) is 0.679. The molecule has 6 nitrogen and oxygen atoms in total. The van der Waals surface area contributed by atoms with E-state index in [-0.39, 0.29) is 17.4 Å². The summed E-state index contributed by atoms with van der Waals surface area (Å²) in [5.41, 5.74) is 1.87. The van der Waals surface area contributed by atoms with Gasteiger partial charge in [-0.25, -0.2) is 9.97 Å². The van der Waals surface area contributed by atoms with Crippen LogP contribution in [0.4, 0.5) is 5.82 Å². The van der Waals surface area contributed by atoms with Gasteiger partial charge in [0.25, 0.3) is 10.1 Å². The summed E-state index contributed by atoms with van der Waals surface area (Å²) in [4.78, 5) is 11.3. The fourth-order valence-corrected chi connectivity index (χ4v) is 4.77. The van der Waals surface area contributed by atoms with Gasteiger partial charge in [0.15, 0.2) is 0 Å². The van der Waals surface area contributed by atoms with Crippen molar-refractivity contribution in [3.63, 3.8) is 0 Å². The number of rotatable bonds is 6. The zero-order valence-electron chi connectivity index (χ0n) is 17.2. The number of fused-ring (bicyclic) bond motifs is 1. The Morgan fingerprint density at radius 2 is 1.93 bits per heavy atom. The zero-order chi connectivity index (χ0) is 21.5. The molecule has 0 N–H and O–H groups in total. The van der Waals surface area contributed by atoms with E-state index < -0.39 is 10.1 Å². The molecule has 0 bridgehead atoms. The lowest BCUT2D eigenvalue weighted by molar-refractivity contribution is 0.298. The lowest BCUT2D eigenvalue weighted by atomic mass is 9.97. The maximum Gasteiger partial charge on any atom is 0.296 e. The Kier molecular flexibility index (Phi) is 5.70. The van der Waals surface area contributed by atoms with E-state index in [0.717, 1.165) is 40.7 Å². The van der Waals surface area contributed by atoms with Crippen LogP contribution in [-0.2, 0) is 14.3 Å². The number of hydrogen-bond donors (Lipinski definition) is 0. The van der Waals surface area contributed by atoms with Crippen molar-refractivity contribution in [2.24, 2.45) is 0 Å². The van der Waals surface area contributed by atoms with E-state index in [0.29, 0.717) is 11.2 Å². The van der Waals surface area contributed by atoms with Gasteiger partial charge in [0.2, 0.25) is 0 Å². The molecule has 1 aromatic carbocycles. The van der Waals surface area contributed by atoms with E-state index in [1.54, 1.807) is 36.7 Å². The Morgan fingerprint density at radius 1 is 1.20 bits per heavy atom. The average Bonchev–Trinajstić information content (AvgIpc) is 2.71.